The predicted molar refractivity (Wildman–Crippen MR) is 142 cm³/mol. The molecule has 0 bridgehead atoms. The Morgan fingerprint density at radius 3 is 2.11 bits per heavy atom. The molecule has 0 fully saturated rings. The third-order valence-corrected chi connectivity index (χ3v) is 9.90. The van der Waals surface area contributed by atoms with Crippen molar-refractivity contribution in [2.24, 2.45) is 11.3 Å². The summed E-state index contributed by atoms with van der Waals surface area (Å²) in [4.78, 5) is 25.3. The highest BCUT2D eigenvalue weighted by molar-refractivity contribution is 7.92. The van der Waals surface area contributed by atoms with E-state index >= 15 is 0 Å². The fourth-order valence-corrected chi connectivity index (χ4v) is 7.05. The maximum atomic E-state index is 13.0. The number of ketones is 1. The van der Waals surface area contributed by atoms with Crippen LogP contribution in [0.3, 0.4) is 0 Å². The summed E-state index contributed by atoms with van der Waals surface area (Å²) in [5.74, 6) is -0.260. The molecule has 0 radical (unpaired) electrons. The van der Waals surface area contributed by atoms with Gasteiger partial charge in [-0.15, -0.1) is 11.3 Å². The van der Waals surface area contributed by atoms with E-state index in [0.717, 1.165) is 28.8 Å². The molecule has 6 nitrogen and oxygen atoms in total. The van der Waals surface area contributed by atoms with Gasteiger partial charge < -0.3 is 4.74 Å². The smallest absolute Gasteiger partial charge is 0.273 e. The minimum Gasteiger partial charge on any atom is -0.486 e. The van der Waals surface area contributed by atoms with Gasteiger partial charge in [-0.25, -0.2) is 13.1 Å². The molecule has 0 saturated carbocycles. The van der Waals surface area contributed by atoms with Gasteiger partial charge in [-0.1, -0.05) is 60.6 Å². The molecule has 8 heteroatoms. The fraction of sp³-hybridized carbons (Fsp3) is 0.556. The third kappa shape index (κ3) is 6.33. The summed E-state index contributed by atoms with van der Waals surface area (Å²) in [6.45, 7) is 16.9. The molecule has 0 unspecified atom stereocenters. The van der Waals surface area contributed by atoms with E-state index in [9.17, 15) is 18.0 Å². The van der Waals surface area contributed by atoms with Crippen molar-refractivity contribution in [3.63, 3.8) is 0 Å². The SMILES string of the molecule is CCC(CC)(c1ccc(OCC(=O)C(C)(C)C)c(C)c1)c1cc(C)c(S(=O)(=O)NC(=O)C(C)C)s1. The number of hydrogen-bond donors (Lipinski definition) is 1. The number of sulfonamides is 1. The minimum atomic E-state index is -3.95. The Kier molecular flexibility index (Phi) is 8.98. The number of aryl methyl sites for hydroxylation is 2. The van der Waals surface area contributed by atoms with Crippen LogP contribution in [0.1, 0.15) is 82.9 Å². The molecule has 0 spiro atoms. The highest BCUT2D eigenvalue weighted by atomic mass is 32.2. The Labute approximate surface area is 214 Å². The number of carbonyl (C=O) groups is 2. The van der Waals surface area contributed by atoms with Crippen molar-refractivity contribution >= 4 is 33.1 Å². The van der Waals surface area contributed by atoms with Crippen LogP contribution < -0.4 is 9.46 Å². The van der Waals surface area contributed by atoms with Gasteiger partial charge in [-0.2, -0.15) is 0 Å². The van der Waals surface area contributed by atoms with E-state index in [1.807, 2.05) is 45.9 Å². The van der Waals surface area contributed by atoms with Crippen LogP contribution in [0.2, 0.25) is 0 Å². The molecule has 1 N–H and O–H groups in total. The average molecular weight is 522 g/mol. The van der Waals surface area contributed by atoms with Crippen molar-refractivity contribution in [3.05, 3.63) is 45.8 Å². The van der Waals surface area contributed by atoms with Gasteiger partial charge >= 0.3 is 0 Å². The number of carbonyl (C=O) groups excluding carboxylic acids is 2. The second kappa shape index (κ2) is 10.8. The van der Waals surface area contributed by atoms with Crippen LogP contribution >= 0.6 is 11.3 Å². The summed E-state index contributed by atoms with van der Waals surface area (Å²) in [6, 6.07) is 7.88. The molecule has 35 heavy (non-hydrogen) atoms. The van der Waals surface area contributed by atoms with Crippen LogP contribution in [0.5, 0.6) is 5.75 Å². The molecule has 2 rings (SSSR count). The van der Waals surface area contributed by atoms with E-state index in [1.165, 1.54) is 11.3 Å². The first-order chi connectivity index (χ1) is 16.1. The van der Waals surface area contributed by atoms with Gasteiger partial charge in [0.1, 0.15) is 16.6 Å². The maximum Gasteiger partial charge on any atom is 0.273 e. The molecule has 1 aromatic heterocycles. The standard InChI is InChI=1S/C27H39NO5S2/c1-10-27(11-2,20-12-13-21(18(5)14-20)33-16-22(29)26(7,8)9)23-15-19(6)25(34-23)35(31,32)28-24(30)17(3)4/h12-15,17H,10-11,16H2,1-9H3,(H,28,30). The molecular weight excluding hydrogens is 482 g/mol. The molecule has 1 aromatic carbocycles. The van der Waals surface area contributed by atoms with Gasteiger partial charge in [0.05, 0.1) is 0 Å². The van der Waals surface area contributed by atoms with Crippen molar-refractivity contribution in [2.45, 2.75) is 84.8 Å². The van der Waals surface area contributed by atoms with Crippen molar-refractivity contribution in [3.8, 4) is 5.75 Å². The number of Topliss-reactive ketones (excluding diaryl/α,β-unsaturated/α-hetero) is 1. The fourth-order valence-electron chi connectivity index (χ4n) is 3.88. The Bertz CT molecular complexity index is 1180. The molecule has 0 aliphatic heterocycles. The molecule has 0 aliphatic rings. The number of benzene rings is 1. The van der Waals surface area contributed by atoms with E-state index < -0.39 is 32.7 Å². The number of ether oxygens (including phenoxy) is 1. The van der Waals surface area contributed by atoms with Gasteiger partial charge in [0, 0.05) is 21.6 Å². The normalized spacial score (nSPS) is 12.6. The van der Waals surface area contributed by atoms with Crippen LogP contribution in [0, 0.1) is 25.2 Å². The summed E-state index contributed by atoms with van der Waals surface area (Å²) >= 11 is 1.22. The molecular formula is C27H39NO5S2. The number of nitrogens with one attached hydrogen (secondary N) is 1. The van der Waals surface area contributed by atoms with E-state index in [2.05, 4.69) is 24.6 Å². The zero-order valence-corrected chi connectivity index (χ0v) is 24.0. The summed E-state index contributed by atoms with van der Waals surface area (Å²) in [7, 11) is -3.95. The lowest BCUT2D eigenvalue weighted by Crippen LogP contribution is -2.33. The third-order valence-electron chi connectivity index (χ3n) is 6.48. The van der Waals surface area contributed by atoms with E-state index in [1.54, 1.807) is 20.8 Å². The Morgan fingerprint density at radius 2 is 1.63 bits per heavy atom. The first-order valence-electron chi connectivity index (χ1n) is 12.0. The van der Waals surface area contributed by atoms with Gasteiger partial charge in [0.25, 0.3) is 10.0 Å². The first-order valence-corrected chi connectivity index (χ1v) is 14.3. The summed E-state index contributed by atoms with van der Waals surface area (Å²) in [6.07, 6.45) is 1.53. The van der Waals surface area contributed by atoms with Crippen LogP contribution in [0.4, 0.5) is 0 Å². The van der Waals surface area contributed by atoms with Crippen molar-refractivity contribution < 1.29 is 22.7 Å². The lowest BCUT2D eigenvalue weighted by molar-refractivity contribution is -0.128. The number of amides is 1. The van der Waals surface area contributed by atoms with Gasteiger partial charge in [0.2, 0.25) is 5.91 Å². The number of hydrogen-bond acceptors (Lipinski definition) is 6. The van der Waals surface area contributed by atoms with Crippen LogP contribution in [0.25, 0.3) is 0 Å². The highest BCUT2D eigenvalue weighted by Crippen LogP contribution is 2.45. The lowest BCUT2D eigenvalue weighted by atomic mass is 9.74. The number of thiophene rings is 1. The zero-order valence-electron chi connectivity index (χ0n) is 22.4. The molecule has 0 saturated heterocycles. The predicted octanol–water partition coefficient (Wildman–Crippen LogP) is 5.93. The van der Waals surface area contributed by atoms with Gasteiger partial charge in [-0.05, 0) is 55.5 Å². The molecule has 194 valence electrons. The Hall–Kier alpha value is -2.19. The second-order valence-electron chi connectivity index (χ2n) is 10.4. The molecule has 1 heterocycles. The Morgan fingerprint density at radius 1 is 1.03 bits per heavy atom. The number of rotatable bonds is 10. The van der Waals surface area contributed by atoms with Crippen molar-refractivity contribution in [1.29, 1.82) is 0 Å². The van der Waals surface area contributed by atoms with E-state index in [4.69, 9.17) is 4.74 Å². The summed E-state index contributed by atoms with van der Waals surface area (Å²) < 4.78 is 34.1. The summed E-state index contributed by atoms with van der Waals surface area (Å²) in [5, 5.41) is 0. The van der Waals surface area contributed by atoms with Crippen LogP contribution in [0.15, 0.2) is 28.5 Å². The minimum absolute atomic E-state index is 0.0177. The summed E-state index contributed by atoms with van der Waals surface area (Å²) in [5.41, 5.74) is 1.75. The van der Waals surface area contributed by atoms with E-state index in [-0.39, 0.29) is 16.6 Å². The molecule has 2 aromatic rings. The average Bonchev–Trinajstić information content (AvgIpc) is 3.16. The monoisotopic (exact) mass is 521 g/mol. The van der Waals surface area contributed by atoms with Gasteiger partial charge in [-0.3, -0.25) is 9.59 Å². The van der Waals surface area contributed by atoms with Crippen molar-refractivity contribution in [2.75, 3.05) is 6.61 Å². The van der Waals surface area contributed by atoms with Gasteiger partial charge in [0.15, 0.2) is 5.78 Å². The lowest BCUT2D eigenvalue weighted by Gasteiger charge is -2.32. The highest BCUT2D eigenvalue weighted by Gasteiger charge is 2.35. The van der Waals surface area contributed by atoms with Crippen molar-refractivity contribution in [1.82, 2.24) is 4.72 Å². The second-order valence-corrected chi connectivity index (χ2v) is 13.4. The van der Waals surface area contributed by atoms with Crippen LogP contribution in [-0.2, 0) is 25.0 Å². The molecule has 1 amide bonds. The topological polar surface area (TPSA) is 89.5 Å². The quantitative estimate of drug-likeness (QED) is 0.419. The first kappa shape index (κ1) is 29.0. The maximum absolute atomic E-state index is 13.0. The molecule has 0 aliphatic carbocycles. The molecule has 0 atom stereocenters. The zero-order chi connectivity index (χ0) is 26.8. The van der Waals surface area contributed by atoms with E-state index in [0.29, 0.717) is 11.3 Å². The largest absolute Gasteiger partial charge is 0.486 e. The Balaban J connectivity index is 2.45. The van der Waals surface area contributed by atoms with Crippen LogP contribution in [-0.4, -0.2) is 26.7 Å².